The van der Waals surface area contributed by atoms with Crippen LogP contribution in [0, 0.1) is 0 Å². The fourth-order valence-electron chi connectivity index (χ4n) is 5.91. The number of hydrogen-bond donors (Lipinski definition) is 1. The van der Waals surface area contributed by atoms with Crippen LogP contribution in [-0.2, 0) is 36.8 Å². The van der Waals surface area contributed by atoms with Crippen LogP contribution in [0.2, 0.25) is 0 Å². The highest BCUT2D eigenvalue weighted by atomic mass is 16.5. The zero-order valence-electron chi connectivity index (χ0n) is 26.0. The monoisotopic (exact) mass is 624 g/mol. The number of anilines is 2. The molecule has 3 aromatic carbocycles. The first kappa shape index (κ1) is 32.1. The van der Waals surface area contributed by atoms with Crippen molar-refractivity contribution in [3.8, 4) is 0 Å². The average Bonchev–Trinajstić information content (AvgIpc) is 3.57. The zero-order chi connectivity index (χ0) is 33.0. The highest BCUT2D eigenvalue weighted by molar-refractivity contribution is 6.34. The van der Waals surface area contributed by atoms with Crippen LogP contribution in [0.5, 0.6) is 0 Å². The molecule has 238 valence electrons. The molecule has 2 atom stereocenters. The van der Waals surface area contributed by atoms with Crippen LogP contribution in [0.15, 0.2) is 72.8 Å². The van der Waals surface area contributed by atoms with E-state index in [-0.39, 0.29) is 54.6 Å². The molecule has 2 aliphatic rings. The van der Waals surface area contributed by atoms with E-state index in [1.54, 1.807) is 55.3 Å². The fraction of sp³-hybridized carbons (Fsp3) is 0.314. The largest absolute Gasteiger partial charge is 0.464 e. The van der Waals surface area contributed by atoms with E-state index < -0.39 is 42.2 Å². The maximum atomic E-state index is 13.7. The maximum Gasteiger partial charge on any atom is 0.329 e. The highest BCUT2D eigenvalue weighted by Gasteiger charge is 2.42. The Bertz CT molecular complexity index is 1650. The van der Waals surface area contributed by atoms with Gasteiger partial charge in [-0.3, -0.25) is 28.9 Å². The highest BCUT2D eigenvalue weighted by Crippen LogP contribution is 2.38. The lowest BCUT2D eigenvalue weighted by Gasteiger charge is -2.28. The minimum Gasteiger partial charge on any atom is -0.464 e. The lowest BCUT2D eigenvalue weighted by atomic mass is 10.1. The quantitative estimate of drug-likeness (QED) is 0.256. The third kappa shape index (κ3) is 6.39. The van der Waals surface area contributed by atoms with Crippen molar-refractivity contribution in [2.75, 3.05) is 30.0 Å². The Morgan fingerprint density at radius 2 is 1.59 bits per heavy atom. The Balaban J connectivity index is 1.30. The zero-order valence-corrected chi connectivity index (χ0v) is 26.0. The van der Waals surface area contributed by atoms with E-state index >= 15 is 0 Å². The molecule has 0 aromatic heterocycles. The predicted molar refractivity (Wildman–Crippen MR) is 170 cm³/mol. The summed E-state index contributed by atoms with van der Waals surface area (Å²) in [5, 5.41) is 2.65. The molecular weight excluding hydrogens is 588 g/mol. The van der Waals surface area contributed by atoms with Crippen LogP contribution in [0.3, 0.4) is 0 Å². The number of fused-ring (bicyclic) bond motifs is 2. The molecular formula is C35H36N4O7. The summed E-state index contributed by atoms with van der Waals surface area (Å²) in [6, 6.07) is 19.3. The average molecular weight is 625 g/mol. The number of hydrogen-bond acceptors (Lipinski definition) is 7. The Morgan fingerprint density at radius 1 is 0.935 bits per heavy atom. The van der Waals surface area contributed by atoms with Crippen molar-refractivity contribution in [1.82, 2.24) is 10.2 Å². The summed E-state index contributed by atoms with van der Waals surface area (Å²) in [5.41, 5.74) is 2.70. The van der Waals surface area contributed by atoms with E-state index in [1.165, 1.54) is 11.0 Å². The first-order chi connectivity index (χ1) is 22.1. The van der Waals surface area contributed by atoms with Gasteiger partial charge in [-0.25, -0.2) is 9.69 Å². The molecule has 0 spiro atoms. The number of rotatable bonds is 11. The summed E-state index contributed by atoms with van der Waals surface area (Å²) in [6.45, 7) is 3.24. The summed E-state index contributed by atoms with van der Waals surface area (Å²) < 4.78 is 5.25. The molecule has 0 saturated heterocycles. The molecule has 0 bridgehead atoms. The third-order valence-corrected chi connectivity index (χ3v) is 8.40. The van der Waals surface area contributed by atoms with Crippen molar-refractivity contribution in [2.24, 2.45) is 0 Å². The Labute approximate surface area is 267 Å². The first-order valence-corrected chi connectivity index (χ1v) is 15.3. The van der Waals surface area contributed by atoms with Gasteiger partial charge in [-0.05, 0) is 48.7 Å². The Hall–Kier alpha value is -5.32. The van der Waals surface area contributed by atoms with Gasteiger partial charge in [-0.15, -0.1) is 0 Å². The van der Waals surface area contributed by atoms with Crippen molar-refractivity contribution in [3.05, 3.63) is 95.1 Å². The van der Waals surface area contributed by atoms with Crippen LogP contribution in [0.1, 0.15) is 58.5 Å². The van der Waals surface area contributed by atoms with Gasteiger partial charge in [-0.1, -0.05) is 55.5 Å². The second-order valence-electron chi connectivity index (χ2n) is 11.2. The van der Waals surface area contributed by atoms with Crippen molar-refractivity contribution in [3.63, 3.8) is 0 Å². The standard InChI is InChI=1S/C35H36N4O7/c1-4-24(37(3)31(41)17-22-11-7-6-8-12-22)20-30(40)36-21-32(42)39-28-19-25(16-15-23(28)18-29(39)35(45)46-5-2)38-33(43)26-13-9-10-14-27(26)34(38)44/h6-16,19,24,29H,4-5,17-18,20-21H2,1-3H3,(H,36,40). The van der Waals surface area contributed by atoms with Crippen molar-refractivity contribution in [2.45, 2.75) is 51.6 Å². The van der Waals surface area contributed by atoms with Crippen LogP contribution >= 0.6 is 0 Å². The summed E-state index contributed by atoms with van der Waals surface area (Å²) in [7, 11) is 1.66. The minimum absolute atomic E-state index is 0.0113. The molecule has 1 N–H and O–H groups in total. The summed E-state index contributed by atoms with van der Waals surface area (Å²) in [4.78, 5) is 82.6. The molecule has 11 heteroatoms. The second kappa shape index (κ2) is 13.8. The van der Waals surface area contributed by atoms with Crippen molar-refractivity contribution >= 4 is 46.9 Å². The van der Waals surface area contributed by atoms with Gasteiger partial charge in [-0.2, -0.15) is 0 Å². The molecule has 0 saturated carbocycles. The van der Waals surface area contributed by atoms with Gasteiger partial charge in [0.1, 0.15) is 6.04 Å². The number of carbonyl (C=O) groups excluding carboxylic acids is 6. The molecule has 2 unspecified atom stereocenters. The van der Waals surface area contributed by atoms with Gasteiger partial charge in [0.2, 0.25) is 17.7 Å². The van der Waals surface area contributed by atoms with Crippen LogP contribution in [-0.4, -0.2) is 72.7 Å². The van der Waals surface area contributed by atoms with Crippen LogP contribution in [0.4, 0.5) is 11.4 Å². The van der Waals surface area contributed by atoms with E-state index in [0.29, 0.717) is 17.7 Å². The van der Waals surface area contributed by atoms with E-state index in [2.05, 4.69) is 5.32 Å². The van der Waals surface area contributed by atoms with Crippen molar-refractivity contribution in [1.29, 1.82) is 0 Å². The van der Waals surface area contributed by atoms with Gasteiger partial charge < -0.3 is 15.0 Å². The molecule has 5 amide bonds. The number of ether oxygens (including phenoxy) is 1. The Kier molecular flexibility index (Phi) is 9.60. The molecule has 46 heavy (non-hydrogen) atoms. The first-order valence-electron chi connectivity index (χ1n) is 15.3. The molecule has 0 aliphatic carbocycles. The molecule has 0 radical (unpaired) electrons. The number of nitrogens with one attached hydrogen (secondary N) is 1. The smallest absolute Gasteiger partial charge is 0.329 e. The lowest BCUT2D eigenvalue weighted by Crippen LogP contribution is -2.48. The molecule has 2 aliphatic heterocycles. The van der Waals surface area contributed by atoms with E-state index in [4.69, 9.17) is 4.74 Å². The van der Waals surface area contributed by atoms with Gasteiger partial charge in [0.15, 0.2) is 0 Å². The molecule has 2 heterocycles. The van der Waals surface area contributed by atoms with E-state index in [0.717, 1.165) is 10.5 Å². The second-order valence-corrected chi connectivity index (χ2v) is 11.2. The van der Waals surface area contributed by atoms with E-state index in [9.17, 15) is 28.8 Å². The van der Waals surface area contributed by atoms with Gasteiger partial charge in [0, 0.05) is 25.9 Å². The Morgan fingerprint density at radius 3 is 2.22 bits per heavy atom. The minimum atomic E-state index is -0.984. The number of likely N-dealkylation sites (N-methyl/N-ethyl adjacent to an activating group) is 1. The van der Waals surface area contributed by atoms with Gasteiger partial charge in [0.25, 0.3) is 11.8 Å². The topological polar surface area (TPSA) is 133 Å². The van der Waals surface area contributed by atoms with E-state index in [1.807, 2.05) is 37.3 Å². The van der Waals surface area contributed by atoms with Crippen LogP contribution < -0.4 is 15.1 Å². The molecule has 3 aromatic rings. The fourth-order valence-corrected chi connectivity index (χ4v) is 5.91. The SMILES string of the molecule is CCOC(=O)C1Cc2ccc(N3C(=O)c4ccccc4C3=O)cc2N1C(=O)CNC(=O)CC(CC)N(C)C(=O)Cc1ccccc1. The third-order valence-electron chi connectivity index (χ3n) is 8.40. The van der Waals surface area contributed by atoms with Gasteiger partial charge >= 0.3 is 5.97 Å². The van der Waals surface area contributed by atoms with Crippen LogP contribution in [0.25, 0.3) is 0 Å². The van der Waals surface area contributed by atoms with Gasteiger partial charge in [0.05, 0.1) is 42.1 Å². The normalized spacial score (nSPS) is 15.7. The number of imide groups is 1. The number of esters is 1. The summed E-state index contributed by atoms with van der Waals surface area (Å²) in [5.74, 6) is -2.68. The maximum absolute atomic E-state index is 13.7. The number of carbonyl (C=O) groups is 6. The summed E-state index contributed by atoms with van der Waals surface area (Å²) >= 11 is 0. The molecule has 5 rings (SSSR count). The number of amides is 5. The predicted octanol–water partition coefficient (Wildman–Crippen LogP) is 3.29. The summed E-state index contributed by atoms with van der Waals surface area (Å²) in [6.07, 6.45) is 0.898. The lowest BCUT2D eigenvalue weighted by molar-refractivity contribution is -0.145. The molecule has 0 fully saturated rings. The number of nitrogens with zero attached hydrogens (tertiary/aromatic N) is 3. The molecule has 11 nitrogen and oxygen atoms in total. The number of benzene rings is 3. The van der Waals surface area contributed by atoms with Crippen molar-refractivity contribution < 1.29 is 33.5 Å².